The van der Waals surface area contributed by atoms with Crippen LogP contribution in [0.15, 0.2) is 12.3 Å². The van der Waals surface area contributed by atoms with E-state index in [2.05, 4.69) is 15.6 Å². The zero-order valence-corrected chi connectivity index (χ0v) is 10.6. The second-order valence-electron chi connectivity index (χ2n) is 4.09. The second-order valence-corrected chi connectivity index (χ2v) is 4.09. The standard InChI is InChI=1S/C12H20FN3O/c1-9(2)16-8-10-4-5-14-12(11(10)13)15-6-7-17-3/h4-5,9,16H,6-8H2,1-3H3,(H,14,15). The fraction of sp³-hybridized carbons (Fsp3) is 0.583. The SMILES string of the molecule is COCCNc1nccc(CNC(C)C)c1F. The molecule has 2 N–H and O–H groups in total. The van der Waals surface area contributed by atoms with Crippen molar-refractivity contribution in [1.29, 1.82) is 0 Å². The minimum absolute atomic E-state index is 0.283. The van der Waals surface area contributed by atoms with Crippen LogP contribution in [0.25, 0.3) is 0 Å². The fourth-order valence-electron chi connectivity index (χ4n) is 1.33. The number of methoxy groups -OCH3 is 1. The lowest BCUT2D eigenvalue weighted by Gasteiger charge is -2.11. The molecule has 0 spiro atoms. The summed E-state index contributed by atoms with van der Waals surface area (Å²) in [4.78, 5) is 3.97. The molecule has 0 amide bonds. The van der Waals surface area contributed by atoms with Crippen molar-refractivity contribution in [3.63, 3.8) is 0 Å². The van der Waals surface area contributed by atoms with Crippen LogP contribution in [0.5, 0.6) is 0 Å². The molecule has 0 unspecified atom stereocenters. The molecule has 0 fully saturated rings. The fourth-order valence-corrected chi connectivity index (χ4v) is 1.33. The Hall–Kier alpha value is -1.20. The summed E-state index contributed by atoms with van der Waals surface area (Å²) in [5.41, 5.74) is 0.619. The average molecular weight is 241 g/mol. The van der Waals surface area contributed by atoms with Gasteiger partial charge in [0.1, 0.15) is 0 Å². The molecule has 0 saturated carbocycles. The lowest BCUT2D eigenvalue weighted by Crippen LogP contribution is -2.23. The summed E-state index contributed by atoms with van der Waals surface area (Å²) in [6, 6.07) is 2.01. The first-order valence-electron chi connectivity index (χ1n) is 5.74. The summed E-state index contributed by atoms with van der Waals surface area (Å²) < 4.78 is 18.8. The Morgan fingerprint density at radius 1 is 1.47 bits per heavy atom. The van der Waals surface area contributed by atoms with Crippen LogP contribution in [0.2, 0.25) is 0 Å². The number of nitrogens with zero attached hydrogens (tertiary/aromatic N) is 1. The highest BCUT2D eigenvalue weighted by atomic mass is 19.1. The maximum absolute atomic E-state index is 13.9. The maximum atomic E-state index is 13.9. The van der Waals surface area contributed by atoms with Crippen LogP contribution in [-0.4, -0.2) is 31.3 Å². The normalized spacial score (nSPS) is 10.9. The Labute approximate surface area is 102 Å². The van der Waals surface area contributed by atoms with E-state index < -0.39 is 0 Å². The van der Waals surface area contributed by atoms with Crippen molar-refractivity contribution in [3.05, 3.63) is 23.6 Å². The molecule has 0 aliphatic heterocycles. The summed E-state index contributed by atoms with van der Waals surface area (Å²) in [5.74, 6) is -0.0122. The first-order valence-corrected chi connectivity index (χ1v) is 5.74. The van der Waals surface area contributed by atoms with Crippen molar-refractivity contribution in [3.8, 4) is 0 Å². The largest absolute Gasteiger partial charge is 0.383 e. The number of hydrogen-bond acceptors (Lipinski definition) is 4. The monoisotopic (exact) mass is 241 g/mol. The van der Waals surface area contributed by atoms with Gasteiger partial charge in [-0.2, -0.15) is 0 Å². The van der Waals surface area contributed by atoms with Gasteiger partial charge >= 0.3 is 0 Å². The number of aromatic nitrogens is 1. The topological polar surface area (TPSA) is 46.2 Å². The van der Waals surface area contributed by atoms with Crippen LogP contribution in [0.4, 0.5) is 10.2 Å². The van der Waals surface area contributed by atoms with Crippen molar-refractivity contribution in [2.75, 3.05) is 25.6 Å². The molecule has 96 valence electrons. The molecule has 1 aromatic rings. The molecule has 4 nitrogen and oxygen atoms in total. The molecule has 0 radical (unpaired) electrons. The quantitative estimate of drug-likeness (QED) is 0.714. The minimum atomic E-state index is -0.295. The summed E-state index contributed by atoms with van der Waals surface area (Å²) in [6.07, 6.45) is 1.61. The van der Waals surface area contributed by atoms with Gasteiger partial charge in [-0.15, -0.1) is 0 Å². The van der Waals surface area contributed by atoms with E-state index in [1.54, 1.807) is 19.4 Å². The van der Waals surface area contributed by atoms with E-state index >= 15 is 0 Å². The summed E-state index contributed by atoms with van der Waals surface area (Å²) in [5, 5.41) is 6.08. The van der Waals surface area contributed by atoms with E-state index in [9.17, 15) is 4.39 Å². The number of anilines is 1. The molecule has 0 aromatic carbocycles. The van der Waals surface area contributed by atoms with Crippen LogP contribution in [0.1, 0.15) is 19.4 Å². The first kappa shape index (κ1) is 13.9. The zero-order valence-electron chi connectivity index (χ0n) is 10.6. The molecule has 0 aliphatic carbocycles. The number of halogens is 1. The number of ether oxygens (including phenoxy) is 1. The Morgan fingerprint density at radius 2 is 2.24 bits per heavy atom. The van der Waals surface area contributed by atoms with Crippen molar-refractivity contribution < 1.29 is 9.13 Å². The highest BCUT2D eigenvalue weighted by Gasteiger charge is 2.08. The summed E-state index contributed by atoms with van der Waals surface area (Å²) in [6.45, 7) is 5.62. The summed E-state index contributed by atoms with van der Waals surface area (Å²) >= 11 is 0. The van der Waals surface area contributed by atoms with Crippen LogP contribution in [-0.2, 0) is 11.3 Å². The summed E-state index contributed by atoms with van der Waals surface area (Å²) in [7, 11) is 1.61. The van der Waals surface area contributed by atoms with Crippen LogP contribution >= 0.6 is 0 Å². The third-order valence-electron chi connectivity index (χ3n) is 2.27. The molecule has 1 rings (SSSR count). The van der Waals surface area contributed by atoms with Gasteiger partial charge in [0.15, 0.2) is 11.6 Å². The van der Waals surface area contributed by atoms with Crippen molar-refractivity contribution in [2.45, 2.75) is 26.4 Å². The minimum Gasteiger partial charge on any atom is -0.383 e. The van der Waals surface area contributed by atoms with E-state index in [-0.39, 0.29) is 11.6 Å². The van der Waals surface area contributed by atoms with Gasteiger partial charge in [0.25, 0.3) is 0 Å². The third-order valence-corrected chi connectivity index (χ3v) is 2.27. The highest BCUT2D eigenvalue weighted by molar-refractivity contribution is 5.39. The van der Waals surface area contributed by atoms with Gasteiger partial charge < -0.3 is 15.4 Å². The van der Waals surface area contributed by atoms with Gasteiger partial charge in [-0.25, -0.2) is 9.37 Å². The van der Waals surface area contributed by atoms with Crippen molar-refractivity contribution in [2.24, 2.45) is 0 Å². The predicted octanol–water partition coefficient (Wildman–Crippen LogP) is 1.78. The number of hydrogen-bond donors (Lipinski definition) is 2. The van der Waals surface area contributed by atoms with E-state index in [1.807, 2.05) is 13.8 Å². The van der Waals surface area contributed by atoms with E-state index in [4.69, 9.17) is 4.74 Å². The third kappa shape index (κ3) is 4.66. The molecular formula is C12H20FN3O. The van der Waals surface area contributed by atoms with Gasteiger partial charge in [-0.05, 0) is 6.07 Å². The Balaban J connectivity index is 2.63. The predicted molar refractivity (Wildman–Crippen MR) is 66.5 cm³/mol. The Kier molecular flexibility index (Phi) is 5.86. The number of nitrogens with one attached hydrogen (secondary N) is 2. The van der Waals surface area contributed by atoms with E-state index in [0.29, 0.717) is 31.3 Å². The molecule has 1 aromatic heterocycles. The van der Waals surface area contributed by atoms with Crippen molar-refractivity contribution in [1.82, 2.24) is 10.3 Å². The van der Waals surface area contributed by atoms with E-state index in [0.717, 1.165) is 0 Å². The molecular weight excluding hydrogens is 221 g/mol. The van der Waals surface area contributed by atoms with Crippen LogP contribution in [0, 0.1) is 5.82 Å². The van der Waals surface area contributed by atoms with Crippen LogP contribution < -0.4 is 10.6 Å². The van der Waals surface area contributed by atoms with E-state index in [1.165, 1.54) is 0 Å². The number of rotatable bonds is 7. The smallest absolute Gasteiger partial charge is 0.169 e. The van der Waals surface area contributed by atoms with Crippen molar-refractivity contribution >= 4 is 5.82 Å². The molecule has 0 aliphatic rings. The Bertz CT molecular complexity index is 345. The second kappa shape index (κ2) is 7.19. The molecule has 0 bridgehead atoms. The highest BCUT2D eigenvalue weighted by Crippen LogP contribution is 2.14. The van der Waals surface area contributed by atoms with Gasteiger partial charge in [0.2, 0.25) is 0 Å². The lowest BCUT2D eigenvalue weighted by atomic mass is 10.2. The van der Waals surface area contributed by atoms with Crippen LogP contribution in [0.3, 0.4) is 0 Å². The molecule has 5 heteroatoms. The maximum Gasteiger partial charge on any atom is 0.169 e. The van der Waals surface area contributed by atoms with Gasteiger partial charge in [0, 0.05) is 38.0 Å². The molecule has 17 heavy (non-hydrogen) atoms. The average Bonchev–Trinajstić information content (AvgIpc) is 2.30. The number of pyridine rings is 1. The Morgan fingerprint density at radius 3 is 2.88 bits per heavy atom. The lowest BCUT2D eigenvalue weighted by molar-refractivity contribution is 0.210. The first-order chi connectivity index (χ1) is 8.15. The van der Waals surface area contributed by atoms with Gasteiger partial charge in [-0.3, -0.25) is 0 Å². The molecule has 1 heterocycles. The van der Waals surface area contributed by atoms with Gasteiger partial charge in [-0.1, -0.05) is 13.8 Å². The molecule has 0 atom stereocenters. The van der Waals surface area contributed by atoms with Gasteiger partial charge in [0.05, 0.1) is 6.61 Å². The zero-order chi connectivity index (χ0) is 12.7. The molecule has 0 saturated heterocycles.